The number of likely N-dealkylation sites (tertiary alicyclic amines) is 1. The lowest BCUT2D eigenvalue weighted by molar-refractivity contribution is -0.164. The van der Waals surface area contributed by atoms with Gasteiger partial charge in [-0.25, -0.2) is 9.97 Å². The number of nitriles is 1. The Hall–Kier alpha value is -3.42. The molecule has 224 valence electrons. The summed E-state index contributed by atoms with van der Waals surface area (Å²) in [6.45, 7) is 10.8. The molecule has 11 heteroatoms. The van der Waals surface area contributed by atoms with Crippen molar-refractivity contribution in [2.75, 3.05) is 31.1 Å². The van der Waals surface area contributed by atoms with Crippen molar-refractivity contribution >= 4 is 29.4 Å². The number of piperidine rings is 2. The zero-order chi connectivity index (χ0) is 30.2. The first-order chi connectivity index (χ1) is 19.9. The van der Waals surface area contributed by atoms with Crippen LogP contribution >= 0.6 is 11.6 Å². The highest BCUT2D eigenvalue weighted by molar-refractivity contribution is 6.31. The first kappa shape index (κ1) is 30.1. The van der Waals surface area contributed by atoms with E-state index in [0.717, 1.165) is 12.8 Å². The Labute approximate surface area is 252 Å². The van der Waals surface area contributed by atoms with Crippen LogP contribution < -0.4 is 15.0 Å². The molecule has 1 aromatic heterocycles. The summed E-state index contributed by atoms with van der Waals surface area (Å²) in [4.78, 5) is 39.0. The molecule has 0 radical (unpaired) electrons. The molecule has 3 heterocycles. The van der Waals surface area contributed by atoms with Crippen molar-refractivity contribution in [2.45, 2.75) is 71.6 Å². The maximum atomic E-state index is 13.2. The molecule has 0 spiro atoms. The number of ether oxygens (including phenoxy) is 1. The molecule has 42 heavy (non-hydrogen) atoms. The van der Waals surface area contributed by atoms with Gasteiger partial charge in [-0.15, -0.1) is 0 Å². The third-order valence-electron chi connectivity index (χ3n) is 9.23. The molecule has 1 aliphatic carbocycles. The number of nitrogens with one attached hydrogen (secondary N) is 1. The molecule has 1 saturated carbocycles. The number of carbonyl (C=O) groups excluding carboxylic acids is 2. The van der Waals surface area contributed by atoms with Crippen LogP contribution in [0.2, 0.25) is 5.02 Å². The summed E-state index contributed by atoms with van der Waals surface area (Å²) < 4.78 is 6.31. The minimum absolute atomic E-state index is 0.0163. The van der Waals surface area contributed by atoms with Crippen LogP contribution in [0.5, 0.6) is 5.75 Å². The molecule has 0 atom stereocenters. The van der Waals surface area contributed by atoms with Crippen molar-refractivity contribution in [1.29, 1.82) is 5.26 Å². The second-order valence-electron chi connectivity index (χ2n) is 12.9. The van der Waals surface area contributed by atoms with Crippen LogP contribution in [0, 0.1) is 28.1 Å². The van der Waals surface area contributed by atoms with Crippen molar-refractivity contribution in [1.82, 2.24) is 20.2 Å². The highest BCUT2D eigenvalue weighted by Crippen LogP contribution is 2.55. The quantitative estimate of drug-likeness (QED) is 0.516. The summed E-state index contributed by atoms with van der Waals surface area (Å²) >= 11 is 6.20. The Morgan fingerprint density at radius 1 is 1.05 bits per heavy atom. The van der Waals surface area contributed by atoms with Crippen molar-refractivity contribution in [3.05, 3.63) is 46.7 Å². The largest absolute Gasteiger partial charge is 0.489 e. The lowest BCUT2D eigenvalue weighted by Gasteiger charge is -2.63. The van der Waals surface area contributed by atoms with E-state index in [-0.39, 0.29) is 46.8 Å². The van der Waals surface area contributed by atoms with Crippen molar-refractivity contribution in [2.24, 2.45) is 16.7 Å². The van der Waals surface area contributed by atoms with E-state index in [1.807, 2.05) is 4.90 Å². The molecule has 2 aliphatic heterocycles. The van der Waals surface area contributed by atoms with Gasteiger partial charge in [-0.3, -0.25) is 9.59 Å². The van der Waals surface area contributed by atoms with Gasteiger partial charge in [0.25, 0.3) is 5.91 Å². The van der Waals surface area contributed by atoms with Crippen LogP contribution in [-0.4, -0.2) is 76.2 Å². The number of nitrogens with zero attached hydrogens (tertiary/aromatic N) is 5. The molecular formula is C31H39ClN6O4. The predicted molar refractivity (Wildman–Crippen MR) is 158 cm³/mol. The second kappa shape index (κ2) is 11.7. The van der Waals surface area contributed by atoms with E-state index in [1.54, 1.807) is 30.6 Å². The van der Waals surface area contributed by atoms with Gasteiger partial charge in [0.15, 0.2) is 0 Å². The zero-order valence-electron chi connectivity index (χ0n) is 24.6. The van der Waals surface area contributed by atoms with E-state index in [1.165, 1.54) is 0 Å². The second-order valence-corrected chi connectivity index (χ2v) is 13.3. The molecule has 0 unspecified atom stereocenters. The smallest absolute Gasteiger partial charge is 0.254 e. The topological polar surface area (TPSA) is 132 Å². The molecule has 10 nitrogen and oxygen atoms in total. The highest BCUT2D eigenvalue weighted by Gasteiger charge is 2.64. The Morgan fingerprint density at radius 2 is 1.67 bits per heavy atom. The fourth-order valence-corrected chi connectivity index (χ4v) is 7.30. The number of hydrogen-bond acceptors (Lipinski definition) is 8. The standard InChI is InChI=1S/C31H39ClN6O4/c1-30(2)27(31(3,4)28(30)42-23-6-5-20(16-33)24(32)15-23)36-25(40)21-17-34-29(35-18-21)38-11-7-19(8-12-38)26(41)37-13-9-22(39)10-14-37/h5-6,15,17-19,22,27-28,39H,7-14H2,1-4H3,(H,36,40). The number of rotatable bonds is 6. The number of aliphatic hydroxyl groups is 1. The molecule has 2 N–H and O–H groups in total. The average molecular weight is 595 g/mol. The summed E-state index contributed by atoms with van der Waals surface area (Å²) in [5.41, 5.74) is 0.0155. The Morgan fingerprint density at radius 3 is 2.24 bits per heavy atom. The summed E-state index contributed by atoms with van der Waals surface area (Å²) in [5, 5.41) is 22.4. The fraction of sp³-hybridized carbons (Fsp3) is 0.581. The number of hydrogen-bond donors (Lipinski definition) is 2. The van der Waals surface area contributed by atoms with Crippen LogP contribution in [0.1, 0.15) is 69.3 Å². The van der Waals surface area contributed by atoms with E-state index in [0.29, 0.717) is 66.9 Å². The molecule has 5 rings (SSSR count). The molecule has 0 bridgehead atoms. The summed E-state index contributed by atoms with van der Waals surface area (Å²) in [5.74, 6) is 1.06. The number of amides is 2. The lowest BCUT2D eigenvalue weighted by Crippen LogP contribution is -2.74. The van der Waals surface area contributed by atoms with Crippen LogP contribution in [0.25, 0.3) is 0 Å². The molecule has 2 aromatic rings. The number of benzene rings is 1. The number of halogens is 1. The molecule has 3 fully saturated rings. The minimum atomic E-state index is -0.379. The number of anilines is 1. The van der Waals surface area contributed by atoms with Crippen molar-refractivity contribution in [3.8, 4) is 11.8 Å². The van der Waals surface area contributed by atoms with E-state index in [4.69, 9.17) is 21.6 Å². The van der Waals surface area contributed by atoms with Gasteiger partial charge in [-0.05, 0) is 37.8 Å². The summed E-state index contributed by atoms with van der Waals surface area (Å²) in [6.07, 6.45) is 5.37. The van der Waals surface area contributed by atoms with Gasteiger partial charge in [0, 0.05) is 67.4 Å². The van der Waals surface area contributed by atoms with Crippen LogP contribution in [-0.2, 0) is 4.79 Å². The van der Waals surface area contributed by atoms with Gasteiger partial charge in [-0.2, -0.15) is 5.26 Å². The van der Waals surface area contributed by atoms with Crippen molar-refractivity contribution < 1.29 is 19.4 Å². The minimum Gasteiger partial charge on any atom is -0.489 e. The molecule has 2 amide bonds. The van der Waals surface area contributed by atoms with E-state index in [2.05, 4.69) is 53.9 Å². The van der Waals surface area contributed by atoms with Gasteiger partial charge in [0.2, 0.25) is 11.9 Å². The summed E-state index contributed by atoms with van der Waals surface area (Å²) in [6, 6.07) is 6.91. The predicted octanol–water partition coefficient (Wildman–Crippen LogP) is 3.81. The molecule has 1 aromatic carbocycles. The van der Waals surface area contributed by atoms with Crippen molar-refractivity contribution in [3.63, 3.8) is 0 Å². The van der Waals surface area contributed by atoms with Crippen LogP contribution in [0.3, 0.4) is 0 Å². The first-order valence-corrected chi connectivity index (χ1v) is 15.0. The number of aromatic nitrogens is 2. The third kappa shape index (κ3) is 5.77. The molecule has 2 saturated heterocycles. The maximum Gasteiger partial charge on any atom is 0.254 e. The van der Waals surface area contributed by atoms with Crippen LogP contribution in [0.4, 0.5) is 5.95 Å². The SMILES string of the molecule is CC1(C)C(NC(=O)c2cnc(N3CCC(C(=O)N4CCC(O)CC4)CC3)nc2)C(C)(C)C1Oc1ccc(C#N)c(Cl)c1. The Balaban J connectivity index is 1.15. The average Bonchev–Trinajstić information content (AvgIpc) is 2.98. The normalized spacial score (nSPS) is 23.9. The van der Waals surface area contributed by atoms with Gasteiger partial charge in [0.1, 0.15) is 17.9 Å². The summed E-state index contributed by atoms with van der Waals surface area (Å²) in [7, 11) is 0. The van der Waals surface area contributed by atoms with Gasteiger partial charge in [0.05, 0.1) is 22.3 Å². The van der Waals surface area contributed by atoms with Gasteiger partial charge in [-0.1, -0.05) is 39.3 Å². The Bertz CT molecular complexity index is 1340. The van der Waals surface area contributed by atoms with Gasteiger partial charge >= 0.3 is 0 Å². The van der Waals surface area contributed by atoms with E-state index in [9.17, 15) is 14.7 Å². The van der Waals surface area contributed by atoms with Crippen LogP contribution in [0.15, 0.2) is 30.6 Å². The zero-order valence-corrected chi connectivity index (χ0v) is 25.4. The fourth-order valence-electron chi connectivity index (χ4n) is 7.08. The first-order valence-electron chi connectivity index (χ1n) is 14.6. The molecular weight excluding hydrogens is 556 g/mol. The Kier molecular flexibility index (Phi) is 8.37. The van der Waals surface area contributed by atoms with E-state index >= 15 is 0 Å². The lowest BCUT2D eigenvalue weighted by atomic mass is 9.49. The molecule has 3 aliphatic rings. The number of carbonyl (C=O) groups is 2. The third-order valence-corrected chi connectivity index (χ3v) is 9.55. The number of aliphatic hydroxyl groups excluding tert-OH is 1. The maximum absolute atomic E-state index is 13.2. The highest BCUT2D eigenvalue weighted by atomic mass is 35.5. The monoisotopic (exact) mass is 594 g/mol. The van der Waals surface area contributed by atoms with E-state index < -0.39 is 0 Å². The van der Waals surface area contributed by atoms with Gasteiger partial charge < -0.3 is 25.0 Å².